The molecule has 0 aromatic rings. The number of esters is 1. The zero-order chi connectivity index (χ0) is 45.1. The van der Waals surface area contributed by atoms with E-state index >= 15 is 0 Å². The number of rotatable bonds is 45. The molecule has 0 heterocycles. The van der Waals surface area contributed by atoms with Crippen LogP contribution >= 0.6 is 7.82 Å². The molecule has 0 bridgehead atoms. The summed E-state index contributed by atoms with van der Waals surface area (Å²) in [6.45, 7) is 6.94. The van der Waals surface area contributed by atoms with Crippen molar-refractivity contribution in [2.45, 2.75) is 238 Å². The molecule has 0 spiro atoms. The Morgan fingerprint density at radius 1 is 0.574 bits per heavy atom. The third-order valence-electron chi connectivity index (χ3n) is 11.1. The van der Waals surface area contributed by atoms with Crippen LogP contribution in [-0.4, -0.2) is 74.3 Å². The highest BCUT2D eigenvalue weighted by Crippen LogP contribution is 2.43. The molecule has 358 valence electrons. The molecule has 3 unspecified atom stereocenters. The Morgan fingerprint density at radius 2 is 1.02 bits per heavy atom. The number of amides is 1. The van der Waals surface area contributed by atoms with E-state index in [2.05, 4.69) is 44.3 Å². The van der Waals surface area contributed by atoms with E-state index in [1.54, 1.807) is 0 Å². The van der Waals surface area contributed by atoms with Gasteiger partial charge in [-0.1, -0.05) is 199 Å². The van der Waals surface area contributed by atoms with Crippen molar-refractivity contribution in [1.82, 2.24) is 5.32 Å². The topological polar surface area (TPSA) is 111 Å². The van der Waals surface area contributed by atoms with Gasteiger partial charge < -0.3 is 19.4 Å². The third kappa shape index (κ3) is 43.3. The van der Waals surface area contributed by atoms with Crippen LogP contribution in [0.5, 0.6) is 0 Å². The smallest absolute Gasteiger partial charge is 0.456 e. The van der Waals surface area contributed by atoms with Gasteiger partial charge in [-0.3, -0.25) is 18.6 Å². The Hall–Kier alpha value is -1.77. The number of quaternary nitrogens is 1. The maximum Gasteiger partial charge on any atom is 0.472 e. The van der Waals surface area contributed by atoms with Gasteiger partial charge in [0.2, 0.25) is 5.91 Å². The number of nitrogens with zero attached hydrogens (tertiary/aromatic N) is 1. The van der Waals surface area contributed by atoms with Crippen molar-refractivity contribution in [2.24, 2.45) is 0 Å². The van der Waals surface area contributed by atoms with E-state index in [0.29, 0.717) is 23.9 Å². The van der Waals surface area contributed by atoms with Crippen molar-refractivity contribution < 1.29 is 37.3 Å². The Labute approximate surface area is 376 Å². The number of phosphoric ester groups is 1. The number of carbonyl (C=O) groups excluding carboxylic acids is 2. The highest BCUT2D eigenvalue weighted by molar-refractivity contribution is 7.47. The lowest BCUT2D eigenvalue weighted by atomic mass is 10.0. The van der Waals surface area contributed by atoms with Crippen LogP contribution in [0, 0.1) is 0 Å². The minimum atomic E-state index is -4.44. The van der Waals surface area contributed by atoms with Crippen LogP contribution in [0.3, 0.4) is 0 Å². The van der Waals surface area contributed by atoms with Crippen LogP contribution in [0.25, 0.3) is 0 Å². The van der Waals surface area contributed by atoms with E-state index in [1.165, 1.54) is 135 Å². The molecule has 1 amide bonds. The molecule has 0 fully saturated rings. The summed E-state index contributed by atoms with van der Waals surface area (Å²) in [7, 11) is 1.47. The van der Waals surface area contributed by atoms with Crippen LogP contribution in [0.2, 0.25) is 0 Å². The zero-order valence-corrected chi connectivity index (χ0v) is 41.6. The summed E-state index contributed by atoms with van der Waals surface area (Å²) < 4.78 is 30.4. The highest BCUT2D eigenvalue weighted by atomic mass is 31.2. The third-order valence-corrected chi connectivity index (χ3v) is 12.1. The molecular formula is C51H98N2O7P+. The number of phosphoric acid groups is 1. The zero-order valence-electron chi connectivity index (χ0n) is 40.7. The fourth-order valence-corrected chi connectivity index (χ4v) is 7.84. The summed E-state index contributed by atoms with van der Waals surface area (Å²) in [6.07, 6.45) is 47.2. The van der Waals surface area contributed by atoms with Gasteiger partial charge in [0.15, 0.2) is 0 Å². The molecule has 10 heteroatoms. The molecule has 9 nitrogen and oxygen atoms in total. The van der Waals surface area contributed by atoms with Crippen LogP contribution in [0.4, 0.5) is 0 Å². The van der Waals surface area contributed by atoms with Gasteiger partial charge in [-0.15, -0.1) is 0 Å². The van der Waals surface area contributed by atoms with Crippen molar-refractivity contribution >= 4 is 19.7 Å². The van der Waals surface area contributed by atoms with Gasteiger partial charge in [0.1, 0.15) is 19.3 Å². The average Bonchev–Trinajstić information content (AvgIpc) is 3.21. The van der Waals surface area contributed by atoms with Crippen LogP contribution in [0.15, 0.2) is 36.5 Å². The predicted octanol–water partition coefficient (Wildman–Crippen LogP) is 14.4. The molecular weight excluding hydrogens is 784 g/mol. The van der Waals surface area contributed by atoms with Gasteiger partial charge in [-0.25, -0.2) is 4.57 Å². The van der Waals surface area contributed by atoms with Gasteiger partial charge >= 0.3 is 13.8 Å². The molecule has 61 heavy (non-hydrogen) atoms. The predicted molar refractivity (Wildman–Crippen MR) is 259 cm³/mol. The first-order chi connectivity index (χ1) is 29.4. The molecule has 0 aliphatic carbocycles. The standard InChI is InChI=1S/C51H97N2O7P/c1-7-10-13-16-19-22-25-26-29-32-35-38-41-44-51(55)60-49(42-39-36-33-30-27-23-20-17-14-11-8-2)48(47-59-61(56,57)58-46-45-53(4,5)6)52-50(54)43-40-37-34-31-28-24-21-18-15-12-9-3/h26,29,35,38-39,42,48-49H,7-25,27-28,30-34,36-37,40-41,43-47H2,1-6H3,(H-,52,54,56,57)/p+1/b29-26-,38-35+,42-39+. The summed E-state index contributed by atoms with van der Waals surface area (Å²) in [5.41, 5.74) is 0. The first kappa shape index (κ1) is 59.2. The Balaban J connectivity index is 5.52. The van der Waals surface area contributed by atoms with E-state index in [-0.39, 0.29) is 25.5 Å². The number of hydrogen-bond acceptors (Lipinski definition) is 6. The summed E-state index contributed by atoms with van der Waals surface area (Å²) in [5.74, 6) is -0.582. The highest BCUT2D eigenvalue weighted by Gasteiger charge is 2.30. The van der Waals surface area contributed by atoms with E-state index in [0.717, 1.165) is 51.4 Å². The minimum Gasteiger partial charge on any atom is -0.456 e. The molecule has 0 aliphatic heterocycles. The SMILES string of the molecule is CCCCCCCC/C=C\C/C=C/CCC(=O)OC(/C=C/CCCCCCCCCCC)C(COP(=O)(O)OCC[N+](C)(C)C)NC(=O)CCCCCCCCCCCCC. The molecule has 0 rings (SSSR count). The molecule has 2 N–H and O–H groups in total. The van der Waals surface area contributed by atoms with Crippen molar-refractivity contribution in [2.75, 3.05) is 40.9 Å². The second kappa shape index (κ2) is 42.2. The fourth-order valence-electron chi connectivity index (χ4n) is 7.11. The Kier molecular flexibility index (Phi) is 41.0. The maximum atomic E-state index is 13.4. The normalized spacial score (nSPS) is 14.3. The largest absolute Gasteiger partial charge is 0.472 e. The van der Waals surface area contributed by atoms with Crippen molar-refractivity contribution in [3.63, 3.8) is 0 Å². The first-order valence-corrected chi connectivity index (χ1v) is 26.8. The number of hydrogen-bond donors (Lipinski definition) is 2. The van der Waals surface area contributed by atoms with E-state index < -0.39 is 25.9 Å². The van der Waals surface area contributed by atoms with Gasteiger partial charge in [0.25, 0.3) is 0 Å². The van der Waals surface area contributed by atoms with Gasteiger partial charge in [0.05, 0.1) is 33.8 Å². The summed E-state index contributed by atoms with van der Waals surface area (Å²) in [4.78, 5) is 37.2. The molecule has 0 saturated carbocycles. The number of unbranched alkanes of at least 4 members (excludes halogenated alkanes) is 25. The molecule has 3 atom stereocenters. The second-order valence-electron chi connectivity index (χ2n) is 18.3. The average molecular weight is 882 g/mol. The van der Waals surface area contributed by atoms with E-state index in [1.807, 2.05) is 39.4 Å². The van der Waals surface area contributed by atoms with Crippen molar-refractivity contribution in [3.05, 3.63) is 36.5 Å². The number of allylic oxidation sites excluding steroid dienone is 5. The number of likely N-dealkylation sites (N-methyl/N-ethyl adjacent to an activating group) is 1. The van der Waals surface area contributed by atoms with Crippen LogP contribution < -0.4 is 5.32 Å². The number of carbonyl (C=O) groups is 2. The lowest BCUT2D eigenvalue weighted by molar-refractivity contribution is -0.870. The lowest BCUT2D eigenvalue weighted by Crippen LogP contribution is -2.47. The molecule has 0 aliphatic rings. The number of ether oxygens (including phenoxy) is 1. The quantitative estimate of drug-likeness (QED) is 0.0206. The molecule has 0 aromatic carbocycles. The van der Waals surface area contributed by atoms with Crippen LogP contribution in [0.1, 0.15) is 226 Å². The Bertz CT molecular complexity index is 1150. The second-order valence-corrected chi connectivity index (χ2v) is 19.8. The van der Waals surface area contributed by atoms with Gasteiger partial charge in [-0.2, -0.15) is 0 Å². The maximum absolute atomic E-state index is 13.4. The molecule has 0 aromatic heterocycles. The Morgan fingerprint density at radius 3 is 1.51 bits per heavy atom. The molecule has 0 saturated heterocycles. The van der Waals surface area contributed by atoms with Crippen molar-refractivity contribution in [3.8, 4) is 0 Å². The minimum absolute atomic E-state index is 0.0344. The lowest BCUT2D eigenvalue weighted by Gasteiger charge is -2.27. The van der Waals surface area contributed by atoms with Gasteiger partial charge in [0, 0.05) is 12.8 Å². The monoisotopic (exact) mass is 882 g/mol. The van der Waals surface area contributed by atoms with Gasteiger partial charge in [-0.05, 0) is 51.0 Å². The van der Waals surface area contributed by atoms with E-state index in [9.17, 15) is 19.0 Å². The first-order valence-electron chi connectivity index (χ1n) is 25.3. The van der Waals surface area contributed by atoms with E-state index in [4.69, 9.17) is 13.8 Å². The summed E-state index contributed by atoms with van der Waals surface area (Å²) in [6, 6.07) is -0.863. The summed E-state index contributed by atoms with van der Waals surface area (Å²) >= 11 is 0. The molecule has 0 radical (unpaired) electrons. The van der Waals surface area contributed by atoms with Crippen molar-refractivity contribution in [1.29, 1.82) is 0 Å². The number of nitrogens with one attached hydrogen (secondary N) is 1. The summed E-state index contributed by atoms with van der Waals surface area (Å²) in [5, 5.41) is 3.01. The van der Waals surface area contributed by atoms with Crippen LogP contribution in [-0.2, 0) is 27.9 Å². The fraction of sp³-hybridized carbons (Fsp3) is 0.843.